The zero-order valence-corrected chi connectivity index (χ0v) is 13.0. The van der Waals surface area contributed by atoms with E-state index in [2.05, 4.69) is 15.4 Å². The number of nitrogens with zero attached hydrogens (tertiary/aromatic N) is 3. The summed E-state index contributed by atoms with van der Waals surface area (Å²) in [5, 5.41) is 16.4. The summed E-state index contributed by atoms with van der Waals surface area (Å²) in [6.45, 7) is 5.22. The highest BCUT2D eigenvalue weighted by Crippen LogP contribution is 2.23. The minimum Gasteiger partial charge on any atom is -0.477 e. The molecular weight excluding hydrogens is 292 g/mol. The third-order valence-corrected chi connectivity index (χ3v) is 4.53. The molecule has 2 rings (SSSR count). The van der Waals surface area contributed by atoms with Crippen LogP contribution >= 0.6 is 11.3 Å². The molecule has 0 saturated heterocycles. The zero-order valence-electron chi connectivity index (χ0n) is 12.2. The van der Waals surface area contributed by atoms with Crippen molar-refractivity contribution in [3.8, 4) is 0 Å². The van der Waals surface area contributed by atoms with Crippen molar-refractivity contribution in [2.45, 2.75) is 26.8 Å². The second-order valence-electron chi connectivity index (χ2n) is 4.73. The first-order chi connectivity index (χ1) is 9.81. The lowest BCUT2D eigenvalue weighted by molar-refractivity contribution is 0.0701. The van der Waals surface area contributed by atoms with E-state index in [4.69, 9.17) is 5.11 Å². The molecule has 0 bridgehead atoms. The Morgan fingerprint density at radius 3 is 2.57 bits per heavy atom. The molecule has 7 nitrogen and oxygen atoms in total. The Hall–Kier alpha value is -2.22. The van der Waals surface area contributed by atoms with Crippen molar-refractivity contribution in [2.75, 3.05) is 0 Å². The number of carboxylic acid groups (broad SMARTS) is 1. The van der Waals surface area contributed by atoms with Crippen LogP contribution < -0.4 is 5.32 Å². The smallest absolute Gasteiger partial charge is 0.347 e. The fraction of sp³-hybridized carbons (Fsp3) is 0.385. The van der Waals surface area contributed by atoms with Gasteiger partial charge in [0, 0.05) is 12.7 Å². The summed E-state index contributed by atoms with van der Waals surface area (Å²) in [5.74, 6) is -1.25. The van der Waals surface area contributed by atoms with Gasteiger partial charge < -0.3 is 10.4 Å². The van der Waals surface area contributed by atoms with Gasteiger partial charge in [-0.2, -0.15) is 5.10 Å². The Bertz CT molecular complexity index is 704. The monoisotopic (exact) mass is 308 g/mol. The van der Waals surface area contributed by atoms with Gasteiger partial charge >= 0.3 is 5.97 Å². The summed E-state index contributed by atoms with van der Waals surface area (Å²) in [4.78, 5) is 27.6. The Kier molecular flexibility index (Phi) is 4.08. The first-order valence-electron chi connectivity index (χ1n) is 6.31. The molecule has 1 atom stereocenters. The van der Waals surface area contributed by atoms with Crippen LogP contribution in [-0.4, -0.2) is 31.7 Å². The minimum absolute atomic E-state index is 0.198. The predicted octanol–water partition coefficient (Wildman–Crippen LogP) is 1.68. The van der Waals surface area contributed by atoms with Crippen LogP contribution in [0.5, 0.6) is 0 Å². The van der Waals surface area contributed by atoms with E-state index in [0.29, 0.717) is 16.3 Å². The van der Waals surface area contributed by atoms with Gasteiger partial charge in [-0.3, -0.25) is 9.48 Å². The molecule has 1 amide bonds. The summed E-state index contributed by atoms with van der Waals surface area (Å²) >= 11 is 1.08. The second-order valence-corrected chi connectivity index (χ2v) is 5.76. The minimum atomic E-state index is -1.00. The summed E-state index contributed by atoms with van der Waals surface area (Å²) in [6, 6.07) is -0.367. The Labute approximate surface area is 125 Å². The molecule has 2 aromatic heterocycles. The van der Waals surface area contributed by atoms with Gasteiger partial charge in [0.25, 0.3) is 5.91 Å². The van der Waals surface area contributed by atoms with Crippen molar-refractivity contribution in [3.05, 3.63) is 33.0 Å². The molecule has 0 saturated carbocycles. The topological polar surface area (TPSA) is 97.1 Å². The van der Waals surface area contributed by atoms with Gasteiger partial charge in [0.2, 0.25) is 0 Å². The van der Waals surface area contributed by atoms with Crippen LogP contribution in [-0.2, 0) is 7.05 Å². The molecule has 0 aliphatic heterocycles. The normalized spacial score (nSPS) is 12.2. The van der Waals surface area contributed by atoms with E-state index in [1.807, 2.05) is 6.92 Å². The van der Waals surface area contributed by atoms with Crippen molar-refractivity contribution in [3.63, 3.8) is 0 Å². The number of aromatic carboxylic acids is 1. The predicted molar refractivity (Wildman–Crippen MR) is 77.6 cm³/mol. The summed E-state index contributed by atoms with van der Waals surface area (Å²) in [7, 11) is 1.76. The van der Waals surface area contributed by atoms with Gasteiger partial charge in [-0.05, 0) is 20.8 Å². The number of carbonyl (C=O) groups is 2. The lowest BCUT2D eigenvalue weighted by Gasteiger charge is -2.10. The number of hydrogen-bond acceptors (Lipinski definition) is 5. The molecule has 2 aromatic rings. The highest BCUT2D eigenvalue weighted by Gasteiger charge is 2.21. The van der Waals surface area contributed by atoms with Gasteiger partial charge in [-0.25, -0.2) is 9.78 Å². The van der Waals surface area contributed by atoms with E-state index in [1.165, 1.54) is 6.20 Å². The molecule has 2 N–H and O–H groups in total. The number of carbonyl (C=O) groups excluding carboxylic acids is 1. The lowest BCUT2D eigenvalue weighted by Crippen LogP contribution is -2.27. The number of aryl methyl sites for hydroxylation is 2. The van der Waals surface area contributed by atoms with Crippen LogP contribution in [0.1, 0.15) is 49.4 Å². The SMILES string of the molecule is Cc1nc(C(C)NC(=O)c2cnn(C)c2C)sc1C(=O)O. The Morgan fingerprint density at radius 1 is 1.43 bits per heavy atom. The molecule has 0 aliphatic rings. The van der Waals surface area contributed by atoms with E-state index in [9.17, 15) is 9.59 Å². The number of hydrogen-bond donors (Lipinski definition) is 2. The van der Waals surface area contributed by atoms with Crippen LogP contribution in [0.2, 0.25) is 0 Å². The molecule has 0 aliphatic carbocycles. The largest absolute Gasteiger partial charge is 0.477 e. The van der Waals surface area contributed by atoms with Crippen LogP contribution in [0.3, 0.4) is 0 Å². The highest BCUT2D eigenvalue weighted by molar-refractivity contribution is 7.13. The summed E-state index contributed by atoms with van der Waals surface area (Å²) in [5.41, 5.74) is 1.72. The molecule has 1 unspecified atom stereocenters. The first-order valence-corrected chi connectivity index (χ1v) is 7.13. The van der Waals surface area contributed by atoms with Crippen molar-refractivity contribution >= 4 is 23.2 Å². The van der Waals surface area contributed by atoms with Crippen LogP contribution in [0.4, 0.5) is 0 Å². The Morgan fingerprint density at radius 2 is 2.10 bits per heavy atom. The van der Waals surface area contributed by atoms with Crippen LogP contribution in [0, 0.1) is 13.8 Å². The van der Waals surface area contributed by atoms with Crippen molar-refractivity contribution in [1.82, 2.24) is 20.1 Å². The fourth-order valence-electron chi connectivity index (χ4n) is 1.86. The number of rotatable bonds is 4. The molecular formula is C13H16N4O3S. The van der Waals surface area contributed by atoms with E-state index < -0.39 is 5.97 Å². The van der Waals surface area contributed by atoms with Crippen LogP contribution in [0.15, 0.2) is 6.20 Å². The maximum atomic E-state index is 12.2. The first kappa shape index (κ1) is 15.2. The lowest BCUT2D eigenvalue weighted by atomic mass is 10.2. The van der Waals surface area contributed by atoms with E-state index in [0.717, 1.165) is 17.0 Å². The molecule has 8 heteroatoms. The molecule has 0 radical (unpaired) electrons. The van der Waals surface area contributed by atoms with Crippen molar-refractivity contribution in [1.29, 1.82) is 0 Å². The van der Waals surface area contributed by atoms with Gasteiger partial charge in [0.05, 0.1) is 23.5 Å². The molecule has 112 valence electrons. The number of aromatic nitrogens is 3. The summed E-state index contributed by atoms with van der Waals surface area (Å²) < 4.78 is 1.62. The van der Waals surface area contributed by atoms with Gasteiger partial charge in [-0.15, -0.1) is 11.3 Å². The number of amides is 1. The maximum Gasteiger partial charge on any atom is 0.347 e. The number of nitrogens with one attached hydrogen (secondary N) is 1. The average molecular weight is 308 g/mol. The highest BCUT2D eigenvalue weighted by atomic mass is 32.1. The molecule has 21 heavy (non-hydrogen) atoms. The van der Waals surface area contributed by atoms with Crippen molar-refractivity contribution in [2.24, 2.45) is 7.05 Å². The zero-order chi connectivity index (χ0) is 15.7. The number of thiazole rings is 1. The van der Waals surface area contributed by atoms with Crippen molar-refractivity contribution < 1.29 is 14.7 Å². The van der Waals surface area contributed by atoms with Gasteiger partial charge in [0.1, 0.15) is 9.88 Å². The van der Waals surface area contributed by atoms with Crippen LogP contribution in [0.25, 0.3) is 0 Å². The average Bonchev–Trinajstić information content (AvgIpc) is 2.94. The molecule has 0 spiro atoms. The standard InChI is InChI=1S/C13H16N4O3S/c1-6-10(13(19)20)21-12(16-6)7(2)15-11(18)9-5-14-17(4)8(9)3/h5,7H,1-4H3,(H,15,18)(H,19,20). The van der Waals surface area contributed by atoms with E-state index in [-0.39, 0.29) is 16.8 Å². The fourth-order valence-corrected chi connectivity index (χ4v) is 2.77. The molecule has 0 aromatic carbocycles. The number of carboxylic acids is 1. The van der Waals surface area contributed by atoms with Gasteiger partial charge in [-0.1, -0.05) is 0 Å². The van der Waals surface area contributed by atoms with E-state index in [1.54, 1.807) is 25.6 Å². The van der Waals surface area contributed by atoms with Gasteiger partial charge in [0.15, 0.2) is 0 Å². The Balaban J connectivity index is 2.16. The maximum absolute atomic E-state index is 12.2. The van der Waals surface area contributed by atoms with E-state index >= 15 is 0 Å². The molecule has 0 fully saturated rings. The summed E-state index contributed by atoms with van der Waals surface area (Å²) in [6.07, 6.45) is 1.51. The second kappa shape index (κ2) is 5.65. The third kappa shape index (κ3) is 2.94. The quantitative estimate of drug-likeness (QED) is 0.895. The molecule has 2 heterocycles. The third-order valence-electron chi connectivity index (χ3n) is 3.21.